The second kappa shape index (κ2) is 12.0. The van der Waals surface area contributed by atoms with E-state index in [0.717, 1.165) is 0 Å². The van der Waals surface area contributed by atoms with Gasteiger partial charge in [0.1, 0.15) is 11.6 Å². The average Bonchev–Trinajstić information content (AvgIpc) is 3.07. The highest BCUT2D eigenvalue weighted by atomic mass is 19.2. The number of benzene rings is 4. The first kappa shape index (κ1) is 35.0. The lowest BCUT2D eigenvalue weighted by Crippen LogP contribution is -2.13. The molecule has 0 aliphatic carbocycles. The number of hydrogen-bond acceptors (Lipinski definition) is 3. The van der Waals surface area contributed by atoms with E-state index in [4.69, 9.17) is 0 Å². The molecule has 0 radical (unpaired) electrons. The molecular formula is C29H6F17N3. The van der Waals surface area contributed by atoms with Crippen LogP contribution >= 0.6 is 0 Å². The topological polar surface area (TPSA) is 38.7 Å². The highest BCUT2D eigenvalue weighted by Crippen LogP contribution is 2.41. The number of nitrogens with zero attached hydrogens (tertiary/aromatic N) is 3. The van der Waals surface area contributed by atoms with Crippen LogP contribution in [0.5, 0.6) is 0 Å². The predicted octanol–water partition coefficient (Wildman–Crippen LogP) is 9.52. The maximum Gasteiger partial charge on any atom is 0.200 e. The summed E-state index contributed by atoms with van der Waals surface area (Å²) < 4.78 is 248. The van der Waals surface area contributed by atoms with Crippen LogP contribution in [-0.2, 0) is 0 Å². The van der Waals surface area contributed by atoms with Gasteiger partial charge in [0.2, 0.25) is 5.82 Å². The standard InChI is InChI=1S/C29H6F17N3/c1-3-10(30)7(20(40)22(42)12(3)32)27-47-28(8-11(31)4(2)13(33)23(43)21(8)41)49-29(48-27)9-18(38)14(34)5(15(35)19(9)39)6-16(36)24(44)26(46)25(45)17(6)37/h1-2H3. The van der Waals surface area contributed by atoms with E-state index in [0.29, 0.717) is 13.8 Å². The molecule has 4 aromatic carbocycles. The summed E-state index contributed by atoms with van der Waals surface area (Å²) in [4.78, 5) is 9.38. The molecule has 0 atom stereocenters. The van der Waals surface area contributed by atoms with Gasteiger partial charge in [-0.25, -0.2) is 89.6 Å². The van der Waals surface area contributed by atoms with Crippen molar-refractivity contribution in [3.8, 4) is 45.3 Å². The first-order valence-electron chi connectivity index (χ1n) is 12.6. The summed E-state index contributed by atoms with van der Waals surface area (Å²) in [5.74, 6) is -50.1. The third-order valence-corrected chi connectivity index (χ3v) is 7.00. The zero-order valence-corrected chi connectivity index (χ0v) is 23.3. The zero-order chi connectivity index (χ0) is 36.7. The summed E-state index contributed by atoms with van der Waals surface area (Å²) in [7, 11) is 0. The molecule has 1 aromatic heterocycles. The first-order valence-corrected chi connectivity index (χ1v) is 12.6. The SMILES string of the molecule is Cc1c(F)c(F)c(F)c(-c2nc(-c3c(F)c(C)c(F)c(F)c3F)nc(-c3c(F)c(F)c(-c4c(F)c(F)c(F)c(F)c4F)c(F)c3F)n2)c1F. The summed E-state index contributed by atoms with van der Waals surface area (Å²) in [5, 5.41) is 0. The number of aromatic nitrogens is 3. The molecule has 5 rings (SSSR count). The van der Waals surface area contributed by atoms with Gasteiger partial charge in [0, 0.05) is 11.1 Å². The highest BCUT2D eigenvalue weighted by molar-refractivity contribution is 5.74. The second-order valence-corrected chi connectivity index (χ2v) is 9.77. The van der Waals surface area contributed by atoms with Crippen molar-refractivity contribution >= 4 is 0 Å². The van der Waals surface area contributed by atoms with E-state index in [-0.39, 0.29) is 0 Å². The van der Waals surface area contributed by atoms with E-state index in [1.54, 1.807) is 0 Å². The maximum absolute atomic E-state index is 15.5. The van der Waals surface area contributed by atoms with Crippen molar-refractivity contribution in [3.05, 3.63) is 110 Å². The van der Waals surface area contributed by atoms with Gasteiger partial charge in [0.05, 0.1) is 27.8 Å². The largest absolute Gasteiger partial charge is 0.208 e. The van der Waals surface area contributed by atoms with E-state index in [2.05, 4.69) is 15.0 Å². The van der Waals surface area contributed by atoms with Gasteiger partial charge in [-0.3, -0.25) is 0 Å². The van der Waals surface area contributed by atoms with Crippen LogP contribution in [0.4, 0.5) is 74.6 Å². The molecule has 0 fully saturated rings. The summed E-state index contributed by atoms with van der Waals surface area (Å²) in [6.07, 6.45) is 0. The van der Waals surface area contributed by atoms with Crippen LogP contribution in [0.2, 0.25) is 0 Å². The Labute approximate surface area is 259 Å². The molecule has 5 aromatic rings. The monoisotopic (exact) mass is 719 g/mol. The quantitative estimate of drug-likeness (QED) is 0.106. The third-order valence-electron chi connectivity index (χ3n) is 7.00. The molecule has 0 saturated heterocycles. The zero-order valence-electron chi connectivity index (χ0n) is 23.3. The molecule has 20 heteroatoms. The lowest BCUT2D eigenvalue weighted by molar-refractivity contribution is 0.379. The molecular weight excluding hydrogens is 713 g/mol. The molecule has 0 unspecified atom stereocenters. The van der Waals surface area contributed by atoms with E-state index >= 15 is 26.3 Å². The highest BCUT2D eigenvalue weighted by Gasteiger charge is 2.37. The Kier molecular flexibility index (Phi) is 8.57. The van der Waals surface area contributed by atoms with Crippen LogP contribution in [0.15, 0.2) is 0 Å². The molecule has 1 heterocycles. The van der Waals surface area contributed by atoms with Gasteiger partial charge in [-0.1, -0.05) is 0 Å². The molecule has 0 amide bonds. The summed E-state index contributed by atoms with van der Waals surface area (Å²) in [6, 6.07) is 0. The van der Waals surface area contributed by atoms with E-state index in [1.165, 1.54) is 0 Å². The fourth-order valence-corrected chi connectivity index (χ4v) is 4.48. The van der Waals surface area contributed by atoms with Crippen molar-refractivity contribution in [3.63, 3.8) is 0 Å². The smallest absolute Gasteiger partial charge is 0.200 e. The van der Waals surface area contributed by atoms with E-state index in [1.807, 2.05) is 0 Å². The third kappa shape index (κ3) is 5.02. The van der Waals surface area contributed by atoms with Gasteiger partial charge < -0.3 is 0 Å². The Hall–Kier alpha value is -5.30. The number of halogens is 17. The molecule has 0 spiro atoms. The average molecular weight is 719 g/mol. The van der Waals surface area contributed by atoms with E-state index < -0.39 is 155 Å². The lowest BCUT2D eigenvalue weighted by atomic mass is 9.98. The summed E-state index contributed by atoms with van der Waals surface area (Å²) >= 11 is 0. The molecule has 0 saturated carbocycles. The number of rotatable bonds is 4. The van der Waals surface area contributed by atoms with Crippen molar-refractivity contribution in [2.45, 2.75) is 13.8 Å². The lowest BCUT2D eigenvalue weighted by Gasteiger charge is -2.16. The van der Waals surface area contributed by atoms with Crippen molar-refractivity contribution in [2.75, 3.05) is 0 Å². The van der Waals surface area contributed by atoms with Crippen molar-refractivity contribution in [1.82, 2.24) is 15.0 Å². The van der Waals surface area contributed by atoms with Gasteiger partial charge in [-0.15, -0.1) is 0 Å². The summed E-state index contributed by atoms with van der Waals surface area (Å²) in [6.45, 7) is 1.000. The Balaban J connectivity index is 1.94. The van der Waals surface area contributed by atoms with Gasteiger partial charge in [0.25, 0.3) is 0 Å². The minimum Gasteiger partial charge on any atom is -0.208 e. The first-order chi connectivity index (χ1) is 22.8. The fraction of sp³-hybridized carbons (Fsp3) is 0.0690. The van der Waals surface area contributed by atoms with Crippen LogP contribution in [0, 0.1) is 113 Å². The molecule has 49 heavy (non-hydrogen) atoms. The minimum atomic E-state index is -2.94. The van der Waals surface area contributed by atoms with Crippen LogP contribution < -0.4 is 0 Å². The Morgan fingerprint density at radius 1 is 0.224 bits per heavy atom. The van der Waals surface area contributed by atoms with Gasteiger partial charge in [0.15, 0.2) is 98.9 Å². The van der Waals surface area contributed by atoms with Gasteiger partial charge in [-0.2, -0.15) is 0 Å². The fourth-order valence-electron chi connectivity index (χ4n) is 4.48. The van der Waals surface area contributed by atoms with Gasteiger partial charge >= 0.3 is 0 Å². The normalized spacial score (nSPS) is 11.6. The Morgan fingerprint density at radius 2 is 0.408 bits per heavy atom. The number of hydrogen-bond donors (Lipinski definition) is 0. The van der Waals surface area contributed by atoms with E-state index in [9.17, 15) is 48.3 Å². The Morgan fingerprint density at radius 3 is 0.714 bits per heavy atom. The van der Waals surface area contributed by atoms with Crippen molar-refractivity contribution < 1.29 is 74.6 Å². The molecule has 0 aliphatic rings. The molecule has 256 valence electrons. The van der Waals surface area contributed by atoms with Crippen molar-refractivity contribution in [1.29, 1.82) is 0 Å². The predicted molar refractivity (Wildman–Crippen MR) is 130 cm³/mol. The van der Waals surface area contributed by atoms with Crippen LogP contribution in [0.1, 0.15) is 11.1 Å². The van der Waals surface area contributed by atoms with Crippen LogP contribution in [0.25, 0.3) is 45.3 Å². The maximum atomic E-state index is 15.5. The van der Waals surface area contributed by atoms with Crippen LogP contribution in [0.3, 0.4) is 0 Å². The van der Waals surface area contributed by atoms with Crippen LogP contribution in [-0.4, -0.2) is 15.0 Å². The second-order valence-electron chi connectivity index (χ2n) is 9.77. The van der Waals surface area contributed by atoms with Gasteiger partial charge in [-0.05, 0) is 13.8 Å². The van der Waals surface area contributed by atoms with Crippen molar-refractivity contribution in [2.24, 2.45) is 0 Å². The Bertz CT molecular complexity index is 2080. The molecule has 0 aliphatic heterocycles. The summed E-state index contributed by atoms with van der Waals surface area (Å²) in [5.41, 5.74) is -13.8. The molecule has 0 N–H and O–H groups in total. The molecule has 0 bridgehead atoms. The minimum absolute atomic E-state index is 0.500. The molecule has 3 nitrogen and oxygen atoms in total.